The summed E-state index contributed by atoms with van der Waals surface area (Å²) in [4.78, 5) is 38.6. The van der Waals surface area contributed by atoms with Gasteiger partial charge in [0, 0.05) is 22.9 Å². The van der Waals surface area contributed by atoms with Crippen LogP contribution in [-0.2, 0) is 4.74 Å². The van der Waals surface area contributed by atoms with E-state index in [1.165, 1.54) is 7.11 Å². The maximum absolute atomic E-state index is 12.9. The number of esters is 1. The van der Waals surface area contributed by atoms with E-state index in [2.05, 4.69) is 25.6 Å². The van der Waals surface area contributed by atoms with Crippen LogP contribution in [0.3, 0.4) is 0 Å². The van der Waals surface area contributed by atoms with E-state index in [4.69, 9.17) is 11.6 Å². The number of likely N-dealkylation sites (tertiary alicyclic amines) is 1. The molecular formula is C22H20ClN5O4S. The van der Waals surface area contributed by atoms with E-state index >= 15 is 0 Å². The van der Waals surface area contributed by atoms with Crippen molar-refractivity contribution in [3.63, 3.8) is 0 Å². The molecule has 4 rings (SSSR count). The van der Waals surface area contributed by atoms with E-state index in [0.717, 1.165) is 24.2 Å². The van der Waals surface area contributed by atoms with E-state index in [1.54, 1.807) is 53.4 Å². The molecule has 2 heterocycles. The Hall–Kier alpha value is -3.50. The largest absolute Gasteiger partial charge is 0.465 e. The van der Waals surface area contributed by atoms with Crippen molar-refractivity contribution in [3.05, 3.63) is 69.1 Å². The second kappa shape index (κ2) is 9.97. The van der Waals surface area contributed by atoms with Crippen LogP contribution < -0.4 is 10.6 Å². The summed E-state index contributed by atoms with van der Waals surface area (Å²) in [5.41, 5.74) is 1.51. The first-order valence-corrected chi connectivity index (χ1v) is 11.3. The first-order valence-electron chi connectivity index (χ1n) is 10.1. The first kappa shape index (κ1) is 22.7. The number of nitrogens with zero attached hydrogens (tertiary/aromatic N) is 3. The van der Waals surface area contributed by atoms with Gasteiger partial charge in [0.2, 0.25) is 5.01 Å². The van der Waals surface area contributed by atoms with Crippen LogP contribution in [0.2, 0.25) is 5.02 Å². The number of ether oxygens (including phenoxy) is 1. The lowest BCUT2D eigenvalue weighted by molar-refractivity contribution is 0.0600. The summed E-state index contributed by atoms with van der Waals surface area (Å²) in [5.74, 6) is -0.834. The van der Waals surface area contributed by atoms with Crippen molar-refractivity contribution in [2.75, 3.05) is 24.3 Å². The highest BCUT2D eigenvalue weighted by Gasteiger charge is 2.33. The molecule has 1 aromatic heterocycles. The highest BCUT2D eigenvalue weighted by molar-refractivity contribution is 7.13. The number of hydrogen-bond acceptors (Lipinski definition) is 7. The molecule has 0 radical (unpaired) electrons. The molecule has 0 spiro atoms. The fourth-order valence-electron chi connectivity index (χ4n) is 3.48. The normalized spacial score (nSPS) is 15.2. The van der Waals surface area contributed by atoms with Crippen LogP contribution >= 0.6 is 22.9 Å². The van der Waals surface area contributed by atoms with E-state index in [1.807, 2.05) is 0 Å². The van der Waals surface area contributed by atoms with Gasteiger partial charge in [0.15, 0.2) is 0 Å². The van der Waals surface area contributed by atoms with Crippen LogP contribution in [0.15, 0.2) is 48.5 Å². The molecule has 2 aromatic carbocycles. The predicted octanol–water partition coefficient (Wildman–Crippen LogP) is 4.60. The summed E-state index contributed by atoms with van der Waals surface area (Å²) < 4.78 is 4.68. The number of rotatable bonds is 5. The van der Waals surface area contributed by atoms with E-state index in [9.17, 15) is 14.4 Å². The smallest absolute Gasteiger partial charge is 0.337 e. The summed E-state index contributed by atoms with van der Waals surface area (Å²) in [6, 6.07) is 12.7. The molecule has 0 aliphatic carbocycles. The molecule has 170 valence electrons. The zero-order valence-corrected chi connectivity index (χ0v) is 19.2. The zero-order chi connectivity index (χ0) is 23.4. The maximum atomic E-state index is 12.9. The van der Waals surface area contributed by atoms with Gasteiger partial charge in [0.1, 0.15) is 5.01 Å². The van der Waals surface area contributed by atoms with Crippen molar-refractivity contribution >= 4 is 52.2 Å². The van der Waals surface area contributed by atoms with E-state index < -0.39 is 5.97 Å². The van der Waals surface area contributed by atoms with Crippen molar-refractivity contribution in [2.45, 2.75) is 18.9 Å². The topological polar surface area (TPSA) is 114 Å². The SMILES string of the molecule is COC(=O)c1ccc(NC(=O)N2CCCC2c2nnc(C(=O)Nc3cccc(Cl)c3)s2)cc1. The number of aromatic nitrogens is 2. The third-order valence-electron chi connectivity index (χ3n) is 5.07. The Morgan fingerprint density at radius 1 is 1.09 bits per heavy atom. The minimum Gasteiger partial charge on any atom is -0.465 e. The highest BCUT2D eigenvalue weighted by Crippen LogP contribution is 2.34. The van der Waals surface area contributed by atoms with Crippen molar-refractivity contribution < 1.29 is 19.1 Å². The number of nitrogens with one attached hydrogen (secondary N) is 2. The minimum atomic E-state index is -0.445. The lowest BCUT2D eigenvalue weighted by Gasteiger charge is -2.23. The number of anilines is 2. The van der Waals surface area contributed by atoms with Crippen LogP contribution in [0.25, 0.3) is 0 Å². The van der Waals surface area contributed by atoms with Crippen LogP contribution in [-0.4, -0.2) is 46.7 Å². The highest BCUT2D eigenvalue weighted by atomic mass is 35.5. The maximum Gasteiger partial charge on any atom is 0.337 e. The summed E-state index contributed by atoms with van der Waals surface area (Å²) in [5, 5.41) is 15.1. The quantitative estimate of drug-likeness (QED) is 0.510. The molecule has 1 unspecified atom stereocenters. The van der Waals surface area contributed by atoms with Gasteiger partial charge in [0.25, 0.3) is 5.91 Å². The van der Waals surface area contributed by atoms with Crippen LogP contribution in [0.4, 0.5) is 16.2 Å². The van der Waals surface area contributed by atoms with Gasteiger partial charge < -0.3 is 20.3 Å². The lowest BCUT2D eigenvalue weighted by atomic mass is 10.2. The number of carbonyl (C=O) groups excluding carboxylic acids is 3. The number of carbonyl (C=O) groups is 3. The van der Waals surface area contributed by atoms with Crippen molar-refractivity contribution in [1.29, 1.82) is 0 Å². The average Bonchev–Trinajstić information content (AvgIpc) is 3.49. The molecule has 1 atom stereocenters. The third-order valence-corrected chi connectivity index (χ3v) is 6.33. The Balaban J connectivity index is 1.42. The number of urea groups is 1. The van der Waals surface area contributed by atoms with E-state index in [0.29, 0.717) is 33.5 Å². The van der Waals surface area contributed by atoms with Gasteiger partial charge in [0.05, 0.1) is 18.7 Å². The number of methoxy groups -OCH3 is 1. The Labute approximate surface area is 198 Å². The Bertz CT molecular complexity index is 1180. The zero-order valence-electron chi connectivity index (χ0n) is 17.6. The number of benzene rings is 2. The van der Waals surface area contributed by atoms with Gasteiger partial charge in [-0.2, -0.15) is 0 Å². The molecule has 33 heavy (non-hydrogen) atoms. The molecule has 0 saturated carbocycles. The third kappa shape index (κ3) is 5.29. The Morgan fingerprint density at radius 2 is 1.88 bits per heavy atom. The molecular weight excluding hydrogens is 466 g/mol. The molecule has 1 fully saturated rings. The fourth-order valence-corrected chi connectivity index (χ4v) is 4.56. The van der Waals surface area contributed by atoms with Crippen LogP contribution in [0.1, 0.15) is 44.1 Å². The molecule has 9 nitrogen and oxygen atoms in total. The number of amides is 3. The summed E-state index contributed by atoms with van der Waals surface area (Å²) >= 11 is 7.11. The number of hydrogen-bond donors (Lipinski definition) is 2. The summed E-state index contributed by atoms with van der Waals surface area (Å²) in [6.07, 6.45) is 1.53. The lowest BCUT2D eigenvalue weighted by Crippen LogP contribution is -2.34. The van der Waals surface area contributed by atoms with Gasteiger partial charge >= 0.3 is 12.0 Å². The molecule has 1 aliphatic heterocycles. The second-order valence-corrected chi connectivity index (χ2v) is 8.71. The monoisotopic (exact) mass is 485 g/mol. The minimum absolute atomic E-state index is 0.204. The van der Waals surface area contributed by atoms with Gasteiger partial charge in [-0.15, -0.1) is 10.2 Å². The average molecular weight is 486 g/mol. The summed E-state index contributed by atoms with van der Waals surface area (Å²) in [6.45, 7) is 0.556. The molecule has 1 saturated heterocycles. The second-order valence-electron chi connectivity index (χ2n) is 7.26. The molecule has 3 aromatic rings. The molecule has 11 heteroatoms. The van der Waals surface area contributed by atoms with Crippen LogP contribution in [0, 0.1) is 0 Å². The first-order chi connectivity index (χ1) is 15.9. The van der Waals surface area contributed by atoms with E-state index in [-0.39, 0.29) is 23.0 Å². The summed E-state index contributed by atoms with van der Waals surface area (Å²) in [7, 11) is 1.31. The van der Waals surface area contributed by atoms with Gasteiger partial charge in [-0.1, -0.05) is 29.0 Å². The van der Waals surface area contributed by atoms with Gasteiger partial charge in [-0.3, -0.25) is 4.79 Å². The fraction of sp³-hybridized carbons (Fsp3) is 0.227. The predicted molar refractivity (Wildman–Crippen MR) is 125 cm³/mol. The Kier molecular flexibility index (Phi) is 6.85. The van der Waals surface area contributed by atoms with Crippen molar-refractivity contribution in [2.24, 2.45) is 0 Å². The van der Waals surface area contributed by atoms with Crippen molar-refractivity contribution in [1.82, 2.24) is 15.1 Å². The van der Waals surface area contributed by atoms with Gasteiger partial charge in [-0.25, -0.2) is 9.59 Å². The molecule has 0 bridgehead atoms. The van der Waals surface area contributed by atoms with Crippen molar-refractivity contribution in [3.8, 4) is 0 Å². The molecule has 1 aliphatic rings. The van der Waals surface area contributed by atoms with Crippen LogP contribution in [0.5, 0.6) is 0 Å². The van der Waals surface area contributed by atoms with Gasteiger partial charge in [-0.05, 0) is 55.3 Å². The molecule has 2 N–H and O–H groups in total. The standard InChI is InChI=1S/C22H20ClN5O4S/c1-32-21(30)13-7-9-15(10-8-13)25-22(31)28-11-3-6-17(28)19-26-27-20(33-19)18(29)24-16-5-2-4-14(23)12-16/h2,4-5,7-10,12,17H,3,6,11H2,1H3,(H,24,29)(H,25,31). The molecule has 3 amide bonds. The Morgan fingerprint density at radius 3 is 2.61 bits per heavy atom. The number of halogens is 1.